The quantitative estimate of drug-likeness (QED) is 0.0676. The van der Waals surface area contributed by atoms with Crippen LogP contribution in [0.1, 0.15) is 118 Å². The summed E-state index contributed by atoms with van der Waals surface area (Å²) in [5.74, 6) is 4.31. The molecule has 0 heterocycles. The second-order valence-electron chi connectivity index (χ2n) is 14.8. The Morgan fingerprint density at radius 2 is 1.00 bits per heavy atom. The topological polar surface area (TPSA) is 103 Å². The highest BCUT2D eigenvalue weighted by Gasteiger charge is 2.19. The third-order valence-corrected chi connectivity index (χ3v) is 10.5. The zero-order valence-electron chi connectivity index (χ0n) is 36.2. The molecule has 0 radical (unpaired) electrons. The van der Waals surface area contributed by atoms with Crippen LogP contribution in [0.25, 0.3) is 0 Å². The summed E-state index contributed by atoms with van der Waals surface area (Å²) in [5, 5.41) is 18.5. The van der Waals surface area contributed by atoms with Crippen LogP contribution in [-0.2, 0) is 19.3 Å². The lowest BCUT2D eigenvalue weighted by Gasteiger charge is -2.18. The molecular weight excluding hydrogens is 1010 g/mol. The minimum absolute atomic E-state index is 0. The number of hydrogen-bond acceptors (Lipinski definition) is 8. The first kappa shape index (κ1) is 57.3. The molecule has 0 spiro atoms. The van der Waals surface area contributed by atoms with Gasteiger partial charge in [-0.2, -0.15) is 10.5 Å². The number of alkyl halides is 1. The van der Waals surface area contributed by atoms with E-state index in [0.717, 1.165) is 50.8 Å². The Morgan fingerprint density at radius 3 is 1.39 bits per heavy atom. The van der Waals surface area contributed by atoms with Gasteiger partial charge in [0.15, 0.2) is 23.0 Å². The smallest absolute Gasteiger partial charge is 0.161 e. The van der Waals surface area contributed by atoms with Gasteiger partial charge in [-0.3, -0.25) is 0 Å². The van der Waals surface area contributed by atoms with E-state index in [0.29, 0.717) is 29.4 Å². The van der Waals surface area contributed by atoms with Crippen molar-refractivity contribution < 1.29 is 28.4 Å². The van der Waals surface area contributed by atoms with Crippen LogP contribution in [0.15, 0.2) is 81.7 Å². The van der Waals surface area contributed by atoms with Crippen LogP contribution in [-0.4, -0.2) is 43.1 Å². The lowest BCUT2D eigenvalue weighted by molar-refractivity contribution is 0.229. The summed E-state index contributed by atoms with van der Waals surface area (Å²) in [4.78, 5) is 0. The number of methoxy groups -OCH3 is 2. The van der Waals surface area contributed by atoms with Crippen molar-refractivity contribution in [2.24, 2.45) is 0 Å². The van der Waals surface area contributed by atoms with E-state index >= 15 is 0 Å². The third-order valence-electron chi connectivity index (χ3n) is 8.29. The van der Waals surface area contributed by atoms with Crippen LogP contribution in [0, 0.1) is 22.7 Å². The predicted octanol–water partition coefficient (Wildman–Crippen LogP) is 15.1. The number of nitrogens with zero attached hydrogens (tertiary/aromatic N) is 2. The zero-order chi connectivity index (χ0) is 43.9. The second kappa shape index (κ2) is 31.2. The van der Waals surface area contributed by atoms with Gasteiger partial charge in [0.1, 0.15) is 11.5 Å². The second-order valence-corrected chi connectivity index (χ2v) is 17.6. The van der Waals surface area contributed by atoms with Crippen molar-refractivity contribution in [3.8, 4) is 46.6 Å². The first-order valence-corrected chi connectivity index (χ1v) is 23.2. The van der Waals surface area contributed by atoms with Gasteiger partial charge < -0.3 is 28.4 Å². The number of ether oxygens (including phenoxy) is 6. The van der Waals surface area contributed by atoms with Crippen molar-refractivity contribution in [3.63, 3.8) is 0 Å². The minimum Gasteiger partial charge on any atom is -0.493 e. The highest BCUT2D eigenvalue weighted by atomic mass is 127. The molecule has 4 aromatic rings. The maximum atomic E-state index is 9.76. The monoisotopic (exact) mass is 1080 g/mol. The van der Waals surface area contributed by atoms with Crippen molar-refractivity contribution in [2.75, 3.05) is 18.6 Å². The van der Waals surface area contributed by atoms with Crippen molar-refractivity contribution in [2.45, 2.75) is 139 Å². The molecule has 4 rings (SSSR count). The average Bonchev–Trinajstić information content (AvgIpc) is 3.18. The molecule has 0 saturated carbocycles. The molecule has 0 aromatic heterocycles. The molecule has 0 aliphatic rings. The van der Waals surface area contributed by atoms with Gasteiger partial charge in [-0.25, -0.2) is 0 Å². The first-order chi connectivity index (χ1) is 28.1. The standard InChI is InChI=1S/C24H30BrNO3.C12H14BrNO2.C12H17IO.2CH4/c1-16(2)28-20-11-9-18(10-12-20)7-6-8-19(15-26)21-13-24(29-17(3)4)23(27-5)14-22(21)25;1-8(2)16-12-6-9(4-5-14)10(13)7-11(12)15-3;1-10(2)14-12-7-5-11(6-8-12)4-3-9-13;;/h9-14,16-17,19H,6-8H2,1-5H3;6-8H,4H2,1-3H3;5-8,10H,3-4,9H2,1-2H3;2*1H4. The molecule has 61 heavy (non-hydrogen) atoms. The van der Waals surface area contributed by atoms with Crippen molar-refractivity contribution in [1.82, 2.24) is 0 Å². The van der Waals surface area contributed by atoms with E-state index in [1.54, 1.807) is 14.2 Å². The molecular formula is C50H69Br2IN2O6. The van der Waals surface area contributed by atoms with E-state index in [-0.39, 0.29) is 45.2 Å². The molecule has 0 saturated heterocycles. The van der Waals surface area contributed by atoms with Gasteiger partial charge in [0.25, 0.3) is 0 Å². The van der Waals surface area contributed by atoms with Crippen LogP contribution in [0.3, 0.4) is 0 Å². The molecule has 1 atom stereocenters. The molecule has 0 bridgehead atoms. The molecule has 0 N–H and O–H groups in total. The van der Waals surface area contributed by atoms with Gasteiger partial charge in [-0.15, -0.1) is 0 Å². The minimum atomic E-state index is -0.214. The number of nitriles is 2. The van der Waals surface area contributed by atoms with Crippen molar-refractivity contribution >= 4 is 54.5 Å². The number of aryl methyl sites for hydroxylation is 2. The Bertz CT molecular complexity index is 1910. The van der Waals surface area contributed by atoms with Crippen molar-refractivity contribution in [3.05, 3.63) is 104 Å². The summed E-state index contributed by atoms with van der Waals surface area (Å²) < 4.78 is 36.4. The van der Waals surface area contributed by atoms with Gasteiger partial charge in [-0.05, 0) is 163 Å². The highest BCUT2D eigenvalue weighted by molar-refractivity contribution is 14.1. The van der Waals surface area contributed by atoms with E-state index in [4.69, 9.17) is 33.7 Å². The van der Waals surface area contributed by atoms with Gasteiger partial charge in [-0.1, -0.05) is 93.6 Å². The number of hydrogen-bond donors (Lipinski definition) is 0. The average molecular weight is 1080 g/mol. The maximum Gasteiger partial charge on any atom is 0.161 e. The normalized spacial score (nSPS) is 10.7. The predicted molar refractivity (Wildman–Crippen MR) is 269 cm³/mol. The summed E-state index contributed by atoms with van der Waals surface area (Å²) >= 11 is 9.41. The van der Waals surface area contributed by atoms with Crippen LogP contribution in [0.2, 0.25) is 0 Å². The Balaban J connectivity index is 0.000000955. The Hall–Kier alpha value is -3.65. The molecule has 0 fully saturated rings. The first-order valence-electron chi connectivity index (χ1n) is 20.0. The van der Waals surface area contributed by atoms with Crippen LogP contribution >= 0.6 is 54.5 Å². The van der Waals surface area contributed by atoms with Crippen LogP contribution in [0.5, 0.6) is 34.5 Å². The fourth-order valence-corrected chi connectivity index (χ4v) is 7.15. The molecule has 0 amide bonds. The fourth-order valence-electron chi connectivity index (χ4n) is 5.71. The van der Waals surface area contributed by atoms with E-state index < -0.39 is 0 Å². The van der Waals surface area contributed by atoms with E-state index in [1.807, 2.05) is 91.8 Å². The van der Waals surface area contributed by atoms with Gasteiger partial charge in [0.2, 0.25) is 0 Å². The summed E-state index contributed by atoms with van der Waals surface area (Å²) in [6.45, 7) is 16.0. The molecule has 11 heteroatoms. The van der Waals surface area contributed by atoms with E-state index in [1.165, 1.54) is 28.4 Å². The third kappa shape index (κ3) is 21.8. The Labute approximate surface area is 399 Å². The maximum absolute atomic E-state index is 9.76. The Morgan fingerprint density at radius 1 is 0.574 bits per heavy atom. The summed E-state index contributed by atoms with van der Waals surface area (Å²) in [7, 11) is 3.22. The largest absolute Gasteiger partial charge is 0.493 e. The molecule has 1 unspecified atom stereocenters. The van der Waals surface area contributed by atoms with E-state index in [2.05, 4.69) is 103 Å². The lowest BCUT2D eigenvalue weighted by atomic mass is 9.93. The number of rotatable bonds is 19. The highest BCUT2D eigenvalue weighted by Crippen LogP contribution is 2.39. The molecule has 0 aliphatic heterocycles. The molecule has 4 aromatic carbocycles. The Kier molecular flexibility index (Phi) is 29.4. The van der Waals surface area contributed by atoms with Gasteiger partial charge in [0, 0.05) is 8.95 Å². The number of benzene rings is 4. The summed E-state index contributed by atoms with van der Waals surface area (Å²) in [6.07, 6.45) is 5.91. The fraction of sp³-hybridized carbons (Fsp3) is 0.480. The molecule has 336 valence electrons. The van der Waals surface area contributed by atoms with Crippen LogP contribution < -0.4 is 28.4 Å². The van der Waals surface area contributed by atoms with Gasteiger partial charge in [0.05, 0.1) is 63.1 Å². The SMILES string of the molecule is C.C.CC(C)Oc1ccc(CCCI)cc1.COc1cc(Br)c(C(C#N)CCCc2ccc(OC(C)C)cc2)cc1OC(C)C.COc1cc(Br)c(CC#N)cc1OC(C)C. The summed E-state index contributed by atoms with van der Waals surface area (Å²) in [5.41, 5.74) is 4.48. The lowest BCUT2D eigenvalue weighted by Crippen LogP contribution is -2.08. The summed E-state index contributed by atoms with van der Waals surface area (Å²) in [6, 6.07) is 28.7. The molecule has 0 aliphatic carbocycles. The van der Waals surface area contributed by atoms with E-state index in [9.17, 15) is 5.26 Å². The number of halogens is 3. The van der Waals surface area contributed by atoms with Crippen molar-refractivity contribution in [1.29, 1.82) is 10.5 Å². The van der Waals surface area contributed by atoms with Crippen LogP contribution in [0.4, 0.5) is 0 Å². The molecule has 8 nitrogen and oxygen atoms in total. The van der Waals surface area contributed by atoms with Gasteiger partial charge >= 0.3 is 0 Å². The zero-order valence-corrected chi connectivity index (χ0v) is 41.6.